The number of amides is 1. The van der Waals surface area contributed by atoms with Gasteiger partial charge in [0.25, 0.3) is 0 Å². The van der Waals surface area contributed by atoms with Crippen LogP contribution in [0, 0.1) is 0 Å². The minimum atomic E-state index is -4.92. The lowest BCUT2D eigenvalue weighted by Crippen LogP contribution is -2.32. The number of phenols is 2. The number of carbonyl (C=O) groups is 1. The molecule has 27 heavy (non-hydrogen) atoms. The second kappa shape index (κ2) is 9.18. The van der Waals surface area contributed by atoms with Crippen LogP contribution in [0.2, 0.25) is 0 Å². The number of nitrogens with one attached hydrogen (secondary N) is 2. The highest BCUT2D eigenvalue weighted by Crippen LogP contribution is 2.34. The monoisotopic (exact) mass is 403 g/mol. The first-order chi connectivity index (χ1) is 12.4. The van der Waals surface area contributed by atoms with E-state index >= 15 is 0 Å². The second-order valence-electron chi connectivity index (χ2n) is 5.43. The van der Waals surface area contributed by atoms with Crippen LogP contribution in [0.1, 0.15) is 5.56 Å². The Balaban J connectivity index is 0.000000237. The average molecular weight is 403 g/mol. The van der Waals surface area contributed by atoms with Crippen molar-refractivity contribution in [2.24, 2.45) is 11.5 Å². The van der Waals surface area contributed by atoms with E-state index in [1.165, 1.54) is 6.07 Å². The van der Waals surface area contributed by atoms with Gasteiger partial charge in [0.1, 0.15) is 0 Å². The number of nitrogens with zero attached hydrogens (tertiary/aromatic N) is 1. The summed E-state index contributed by atoms with van der Waals surface area (Å²) < 4.78 is 34.5. The number of aromatic amines is 1. The van der Waals surface area contributed by atoms with Gasteiger partial charge in [-0.1, -0.05) is 0 Å². The molecule has 0 aliphatic carbocycles. The minimum Gasteiger partial charge on any atom is -0.726 e. The van der Waals surface area contributed by atoms with Crippen molar-refractivity contribution in [1.29, 1.82) is 0 Å². The first-order valence-electron chi connectivity index (χ1n) is 7.46. The highest BCUT2D eigenvalue weighted by atomic mass is 32.3. The van der Waals surface area contributed by atoms with Crippen molar-refractivity contribution in [3.63, 3.8) is 0 Å². The summed E-state index contributed by atoms with van der Waals surface area (Å²) >= 11 is 0. The minimum absolute atomic E-state index is 0.0370. The Morgan fingerprint density at radius 2 is 1.93 bits per heavy atom. The maximum Gasteiger partial charge on any atom is 0.351 e. The molecule has 2 aromatic rings. The summed E-state index contributed by atoms with van der Waals surface area (Å²) in [6.45, 7) is 0.945. The van der Waals surface area contributed by atoms with Gasteiger partial charge in [0.15, 0.2) is 18.0 Å². The molecule has 13 heteroatoms. The fourth-order valence-electron chi connectivity index (χ4n) is 2.17. The predicted octanol–water partition coefficient (Wildman–Crippen LogP) is -1.84. The van der Waals surface area contributed by atoms with E-state index in [4.69, 9.17) is 29.0 Å². The Morgan fingerprint density at radius 1 is 1.33 bits per heavy atom. The van der Waals surface area contributed by atoms with E-state index in [0.29, 0.717) is 24.6 Å². The summed E-state index contributed by atoms with van der Waals surface area (Å²) in [5.41, 5.74) is 12.3. The van der Waals surface area contributed by atoms with E-state index in [9.17, 15) is 15.0 Å². The molecule has 0 bridgehead atoms. The largest absolute Gasteiger partial charge is 0.726 e. The normalized spacial score (nSPS) is 13.6. The topological polar surface area (TPSA) is 218 Å². The van der Waals surface area contributed by atoms with E-state index in [1.807, 2.05) is 0 Å². The zero-order valence-corrected chi connectivity index (χ0v) is 15.2. The quantitative estimate of drug-likeness (QED) is 0.129. The van der Waals surface area contributed by atoms with Crippen LogP contribution in [-0.4, -0.2) is 69.3 Å². The molecule has 1 amide bonds. The molecule has 0 saturated heterocycles. The van der Waals surface area contributed by atoms with E-state index < -0.39 is 10.4 Å². The molecule has 1 aliphatic heterocycles. The number of likely N-dealkylation sites (N-methyl/N-ethyl adjacent to an activating group) is 1. The third kappa shape index (κ3) is 7.10. The first-order valence-corrected chi connectivity index (χ1v) is 8.83. The lowest BCUT2D eigenvalue weighted by Gasteiger charge is -1.99. The highest BCUT2D eigenvalue weighted by molar-refractivity contribution is 7.79. The molecule has 0 atom stereocenters. The van der Waals surface area contributed by atoms with Gasteiger partial charge < -0.3 is 25.5 Å². The predicted molar refractivity (Wildman–Crippen MR) is 95.1 cm³/mol. The molecule has 0 spiro atoms. The Morgan fingerprint density at radius 3 is 2.33 bits per heavy atom. The fraction of sp³-hybridized carbons (Fsp3) is 0.286. The van der Waals surface area contributed by atoms with Crippen LogP contribution >= 0.6 is 0 Å². The van der Waals surface area contributed by atoms with Crippen molar-refractivity contribution in [3.8, 4) is 11.5 Å². The van der Waals surface area contributed by atoms with Crippen LogP contribution in [0.4, 0.5) is 0 Å². The van der Waals surface area contributed by atoms with Crippen molar-refractivity contribution in [2.75, 3.05) is 20.1 Å². The van der Waals surface area contributed by atoms with Gasteiger partial charge in [-0.25, -0.2) is 13.7 Å². The molecular weight excluding hydrogens is 382 g/mol. The zero-order valence-electron chi connectivity index (χ0n) is 14.3. The molecular formula is C14H21N5O7S. The standard InChI is InChI=1S/C10H12N2O2.C4H7N3O.H2O4S/c11-4-3-6-5-12-9-7(6)1-2-8(13)10(9)14;1-7-2-3(8)6-4(7)5;1-5(2,3)4/h1-2,5,12-14H,3-4,11H2;2H2,1H3,(H2,5,6,8);(H2,1,2,3,4). The Kier molecular flexibility index (Phi) is 7.54. The van der Waals surface area contributed by atoms with Gasteiger partial charge in [0.2, 0.25) is 10.4 Å². The van der Waals surface area contributed by atoms with Crippen LogP contribution in [0.25, 0.3) is 10.9 Å². The van der Waals surface area contributed by atoms with Crippen molar-refractivity contribution in [1.82, 2.24) is 10.3 Å². The maximum absolute atomic E-state index is 10.4. The highest BCUT2D eigenvalue weighted by Gasteiger charge is 2.20. The van der Waals surface area contributed by atoms with Gasteiger partial charge in [-0.15, -0.1) is 0 Å². The molecule has 0 saturated carbocycles. The summed E-state index contributed by atoms with van der Waals surface area (Å²) in [5, 5.41) is 22.1. The lowest BCUT2D eigenvalue weighted by molar-refractivity contribution is -0.480. The van der Waals surface area contributed by atoms with E-state index in [1.54, 1.807) is 23.9 Å². The zero-order chi connectivity index (χ0) is 20.8. The van der Waals surface area contributed by atoms with Crippen LogP contribution in [0.5, 0.6) is 11.5 Å². The smallest absolute Gasteiger partial charge is 0.351 e. The lowest BCUT2D eigenvalue weighted by atomic mass is 10.1. The second-order valence-corrected chi connectivity index (χ2v) is 6.28. The molecule has 0 radical (unpaired) electrons. The summed E-state index contributed by atoms with van der Waals surface area (Å²) in [4.78, 5) is 13.3. The molecule has 0 unspecified atom stereocenters. The summed E-state index contributed by atoms with van der Waals surface area (Å²) in [5.74, 6) is 0.185. The van der Waals surface area contributed by atoms with Gasteiger partial charge in [0.05, 0.1) is 12.6 Å². The molecule has 9 N–H and O–H groups in total. The van der Waals surface area contributed by atoms with Crippen LogP contribution in [0.3, 0.4) is 0 Å². The molecule has 150 valence electrons. The average Bonchev–Trinajstić information content (AvgIpc) is 3.06. The number of benzene rings is 1. The number of rotatable bonds is 2. The SMILES string of the molecule is C[N+]1=C(N)NC(=O)C1.NCCc1c[nH]c2c(O)c(O)ccc12.O=S(=O)([O-])O. The Bertz CT molecular complexity index is 928. The number of hydrogen-bond donors (Lipinski definition) is 7. The fourth-order valence-corrected chi connectivity index (χ4v) is 2.17. The van der Waals surface area contributed by atoms with E-state index in [2.05, 4.69) is 10.3 Å². The Hall–Kier alpha value is -2.87. The molecule has 12 nitrogen and oxygen atoms in total. The summed E-state index contributed by atoms with van der Waals surface area (Å²) in [7, 11) is -3.16. The third-order valence-electron chi connectivity index (χ3n) is 3.37. The van der Waals surface area contributed by atoms with Gasteiger partial charge in [0, 0.05) is 11.6 Å². The van der Waals surface area contributed by atoms with Crippen LogP contribution in [-0.2, 0) is 21.6 Å². The van der Waals surface area contributed by atoms with E-state index in [-0.39, 0.29) is 17.4 Å². The summed E-state index contributed by atoms with van der Waals surface area (Å²) in [6.07, 6.45) is 2.56. The van der Waals surface area contributed by atoms with E-state index in [0.717, 1.165) is 17.4 Å². The third-order valence-corrected chi connectivity index (χ3v) is 3.37. The van der Waals surface area contributed by atoms with Gasteiger partial charge in [-0.3, -0.25) is 19.7 Å². The van der Waals surface area contributed by atoms with Crippen molar-refractivity contribution < 1.29 is 37.1 Å². The number of guanidine groups is 1. The number of fused-ring (bicyclic) bond motifs is 1. The number of aromatic nitrogens is 1. The van der Waals surface area contributed by atoms with Crippen molar-refractivity contribution in [2.45, 2.75) is 6.42 Å². The number of carbonyl (C=O) groups excluding carboxylic acids is 1. The van der Waals surface area contributed by atoms with Gasteiger partial charge in [-0.2, -0.15) is 0 Å². The number of H-pyrrole nitrogens is 1. The number of nitrogens with two attached hydrogens (primary N) is 2. The first kappa shape index (κ1) is 22.2. The van der Waals surface area contributed by atoms with Gasteiger partial charge >= 0.3 is 11.9 Å². The number of aromatic hydroxyl groups is 2. The molecule has 3 rings (SSSR count). The van der Waals surface area contributed by atoms with Gasteiger partial charge in [-0.05, 0) is 30.7 Å². The molecule has 1 aliphatic rings. The van der Waals surface area contributed by atoms with Crippen molar-refractivity contribution >= 4 is 33.2 Å². The molecule has 0 fully saturated rings. The number of hydrogen-bond acceptors (Lipinski definition) is 8. The molecule has 2 heterocycles. The maximum atomic E-state index is 10.4. The molecule has 1 aromatic heterocycles. The van der Waals surface area contributed by atoms with Crippen LogP contribution < -0.4 is 16.8 Å². The number of phenolic OH excluding ortho intramolecular Hbond substituents is 2. The van der Waals surface area contributed by atoms with Crippen molar-refractivity contribution in [3.05, 3.63) is 23.9 Å². The Labute approximate surface area is 154 Å². The summed E-state index contributed by atoms with van der Waals surface area (Å²) in [6, 6.07) is 3.25. The van der Waals surface area contributed by atoms with Crippen LogP contribution in [0.15, 0.2) is 18.3 Å². The molecule has 1 aromatic carbocycles.